The summed E-state index contributed by atoms with van der Waals surface area (Å²) in [4.78, 5) is 17.0. The molecule has 0 saturated carbocycles. The van der Waals surface area contributed by atoms with Gasteiger partial charge in [0.2, 0.25) is 0 Å². The Labute approximate surface area is 188 Å². The fraction of sp³-hybridized carbons (Fsp3) is 0.269. The lowest BCUT2D eigenvalue weighted by Crippen LogP contribution is -2.48. The van der Waals surface area contributed by atoms with Crippen LogP contribution in [0.4, 0.5) is 10.1 Å². The number of benzene rings is 3. The largest absolute Gasteiger partial charge is 0.457 e. The fourth-order valence-corrected chi connectivity index (χ4v) is 3.85. The maximum atomic E-state index is 13.0. The van der Waals surface area contributed by atoms with E-state index in [0.717, 1.165) is 31.9 Å². The number of carbonyl (C=O) groups is 1. The number of nitrogens with zero attached hydrogens (tertiary/aromatic N) is 2. The number of halogens is 1. The molecule has 0 spiro atoms. The maximum absolute atomic E-state index is 13.0. The van der Waals surface area contributed by atoms with Crippen LogP contribution in [0.2, 0.25) is 0 Å². The van der Waals surface area contributed by atoms with Crippen LogP contribution in [-0.4, -0.2) is 43.5 Å². The second kappa shape index (κ2) is 9.94. The van der Waals surface area contributed by atoms with Gasteiger partial charge in [0.05, 0.1) is 0 Å². The Hall–Kier alpha value is -3.22. The van der Waals surface area contributed by atoms with E-state index >= 15 is 0 Å². The summed E-state index contributed by atoms with van der Waals surface area (Å²) in [6, 6.07) is 21.4. The fourth-order valence-electron chi connectivity index (χ4n) is 3.85. The molecule has 0 radical (unpaired) electrons. The molecule has 1 atom stereocenters. The first-order chi connectivity index (χ1) is 15.5. The van der Waals surface area contributed by atoms with Gasteiger partial charge < -0.3 is 15.0 Å². The molecular formula is C26H28FN3O2. The van der Waals surface area contributed by atoms with E-state index in [1.807, 2.05) is 12.1 Å². The van der Waals surface area contributed by atoms with Crippen LogP contribution < -0.4 is 15.0 Å². The van der Waals surface area contributed by atoms with Gasteiger partial charge in [-0.2, -0.15) is 0 Å². The average Bonchev–Trinajstić information content (AvgIpc) is 2.81. The van der Waals surface area contributed by atoms with E-state index in [1.165, 1.54) is 17.7 Å². The number of nitrogens with one attached hydrogen (secondary N) is 1. The summed E-state index contributed by atoms with van der Waals surface area (Å²) in [6.45, 7) is 6.23. The van der Waals surface area contributed by atoms with E-state index in [2.05, 4.69) is 29.3 Å². The second-order valence-electron chi connectivity index (χ2n) is 8.20. The molecule has 1 aliphatic rings. The quantitative estimate of drug-likeness (QED) is 0.613. The average molecular weight is 434 g/mol. The van der Waals surface area contributed by atoms with Crippen molar-refractivity contribution in [1.29, 1.82) is 0 Å². The lowest BCUT2D eigenvalue weighted by molar-refractivity contribution is 0.0993. The van der Waals surface area contributed by atoms with Crippen LogP contribution in [0, 0.1) is 5.82 Å². The molecule has 0 unspecified atom stereocenters. The zero-order chi connectivity index (χ0) is 22.5. The molecule has 4 rings (SSSR count). The molecule has 1 fully saturated rings. The van der Waals surface area contributed by atoms with Crippen molar-refractivity contribution >= 4 is 11.6 Å². The van der Waals surface area contributed by atoms with Crippen LogP contribution in [0.3, 0.4) is 0 Å². The van der Waals surface area contributed by atoms with Crippen molar-refractivity contribution in [1.82, 2.24) is 10.2 Å². The summed E-state index contributed by atoms with van der Waals surface area (Å²) in [5.74, 6) is 0.718. The molecule has 3 aromatic carbocycles. The Morgan fingerprint density at radius 1 is 1.03 bits per heavy atom. The minimum Gasteiger partial charge on any atom is -0.457 e. The molecule has 166 valence electrons. The normalized spacial score (nSPS) is 16.5. The van der Waals surface area contributed by atoms with Crippen molar-refractivity contribution in [3.63, 3.8) is 0 Å². The third-order valence-corrected chi connectivity index (χ3v) is 5.64. The highest BCUT2D eigenvalue weighted by molar-refractivity contribution is 6.05. The number of rotatable bonds is 6. The molecule has 3 aromatic rings. The first-order valence-electron chi connectivity index (χ1n) is 10.8. The summed E-state index contributed by atoms with van der Waals surface area (Å²) < 4.78 is 18.7. The van der Waals surface area contributed by atoms with Crippen molar-refractivity contribution in [3.05, 3.63) is 89.7 Å². The number of carbonyl (C=O) groups excluding carboxylic acids is 1. The van der Waals surface area contributed by atoms with Gasteiger partial charge >= 0.3 is 0 Å². The van der Waals surface area contributed by atoms with E-state index in [-0.39, 0.29) is 11.7 Å². The predicted octanol–water partition coefficient (Wildman–Crippen LogP) is 4.69. The Balaban J connectivity index is 1.36. The molecule has 0 aliphatic carbocycles. The summed E-state index contributed by atoms with van der Waals surface area (Å²) >= 11 is 0. The van der Waals surface area contributed by atoms with Crippen LogP contribution in [0.25, 0.3) is 0 Å². The molecule has 1 N–H and O–H groups in total. The summed E-state index contributed by atoms with van der Waals surface area (Å²) in [6.07, 6.45) is 0. The number of amides is 1. The predicted molar refractivity (Wildman–Crippen MR) is 125 cm³/mol. The number of anilines is 1. The third kappa shape index (κ3) is 5.52. The van der Waals surface area contributed by atoms with Crippen LogP contribution in [0.5, 0.6) is 11.5 Å². The Morgan fingerprint density at radius 2 is 1.66 bits per heavy atom. The molecule has 0 aromatic heterocycles. The zero-order valence-electron chi connectivity index (χ0n) is 18.4. The van der Waals surface area contributed by atoms with Crippen molar-refractivity contribution in [3.8, 4) is 11.5 Å². The Bertz CT molecular complexity index is 1040. The molecule has 1 amide bonds. The van der Waals surface area contributed by atoms with Gasteiger partial charge in [0, 0.05) is 50.5 Å². The summed E-state index contributed by atoms with van der Waals surface area (Å²) in [5.41, 5.74) is 2.66. The molecule has 5 nitrogen and oxygen atoms in total. The van der Waals surface area contributed by atoms with Crippen molar-refractivity contribution in [2.45, 2.75) is 19.5 Å². The highest BCUT2D eigenvalue weighted by Gasteiger charge is 2.17. The molecule has 1 saturated heterocycles. The molecule has 1 aliphatic heterocycles. The van der Waals surface area contributed by atoms with Crippen LogP contribution >= 0.6 is 0 Å². The van der Waals surface area contributed by atoms with E-state index < -0.39 is 0 Å². The molecule has 0 bridgehead atoms. The maximum Gasteiger partial charge on any atom is 0.258 e. The number of piperazine rings is 1. The van der Waals surface area contributed by atoms with Gasteiger partial charge in [-0.1, -0.05) is 12.1 Å². The second-order valence-corrected chi connectivity index (χ2v) is 8.20. The van der Waals surface area contributed by atoms with Gasteiger partial charge in [0.25, 0.3) is 5.91 Å². The molecule has 32 heavy (non-hydrogen) atoms. The lowest BCUT2D eigenvalue weighted by Gasteiger charge is -2.31. The Morgan fingerprint density at radius 3 is 2.28 bits per heavy atom. The summed E-state index contributed by atoms with van der Waals surface area (Å²) in [5, 5.41) is 3.46. The van der Waals surface area contributed by atoms with Crippen LogP contribution in [-0.2, 0) is 6.54 Å². The molecule has 1 heterocycles. The third-order valence-electron chi connectivity index (χ3n) is 5.64. The number of hydrogen-bond acceptors (Lipinski definition) is 4. The standard InChI is InChI=1S/C26H28FN3O2/c1-19-17-30(16-15-28-19)18-20-3-9-23(10-4-20)29(2)26(31)21-5-11-24(12-6-21)32-25-13-7-22(27)8-14-25/h3-14,19,28H,15-18H2,1-2H3/t19-/m0/s1. The van der Waals surface area contributed by atoms with Crippen LogP contribution in [0.15, 0.2) is 72.8 Å². The monoisotopic (exact) mass is 433 g/mol. The van der Waals surface area contributed by atoms with E-state index in [0.29, 0.717) is 23.1 Å². The number of ether oxygens (including phenoxy) is 1. The van der Waals surface area contributed by atoms with Crippen molar-refractivity contribution < 1.29 is 13.9 Å². The van der Waals surface area contributed by atoms with Crippen molar-refractivity contribution in [2.24, 2.45) is 0 Å². The van der Waals surface area contributed by atoms with E-state index in [4.69, 9.17) is 4.74 Å². The van der Waals surface area contributed by atoms with Gasteiger partial charge in [-0.3, -0.25) is 9.69 Å². The van der Waals surface area contributed by atoms with Gasteiger partial charge in [0.15, 0.2) is 0 Å². The highest BCUT2D eigenvalue weighted by atomic mass is 19.1. The van der Waals surface area contributed by atoms with E-state index in [9.17, 15) is 9.18 Å². The first-order valence-corrected chi connectivity index (χ1v) is 10.8. The Kier molecular flexibility index (Phi) is 6.83. The van der Waals surface area contributed by atoms with Gasteiger partial charge in [-0.05, 0) is 73.2 Å². The zero-order valence-corrected chi connectivity index (χ0v) is 18.4. The SMILES string of the molecule is C[C@H]1CN(Cc2ccc(N(C)C(=O)c3ccc(Oc4ccc(F)cc4)cc3)cc2)CCN1. The summed E-state index contributed by atoms with van der Waals surface area (Å²) in [7, 11) is 1.78. The van der Waals surface area contributed by atoms with Crippen LogP contribution in [0.1, 0.15) is 22.8 Å². The van der Waals surface area contributed by atoms with Gasteiger partial charge in [0.1, 0.15) is 17.3 Å². The van der Waals surface area contributed by atoms with Gasteiger partial charge in [-0.25, -0.2) is 4.39 Å². The minimum absolute atomic E-state index is 0.0954. The first kappa shape index (κ1) is 22.0. The number of hydrogen-bond donors (Lipinski definition) is 1. The molecular weight excluding hydrogens is 405 g/mol. The smallest absolute Gasteiger partial charge is 0.258 e. The van der Waals surface area contributed by atoms with E-state index in [1.54, 1.807) is 48.3 Å². The molecule has 6 heteroatoms. The van der Waals surface area contributed by atoms with Crippen molar-refractivity contribution in [2.75, 3.05) is 31.6 Å². The topological polar surface area (TPSA) is 44.8 Å². The minimum atomic E-state index is -0.312. The lowest BCUT2D eigenvalue weighted by atomic mass is 10.1. The van der Waals surface area contributed by atoms with Gasteiger partial charge in [-0.15, -0.1) is 0 Å². The highest BCUT2D eigenvalue weighted by Crippen LogP contribution is 2.23.